The van der Waals surface area contributed by atoms with E-state index in [1.165, 1.54) is 18.5 Å². The number of piperidine rings is 1. The largest absolute Gasteiger partial charge is 0.330 e. The molecule has 2 unspecified atom stereocenters. The first-order valence-electron chi connectivity index (χ1n) is 7.04. The van der Waals surface area contributed by atoms with Crippen molar-refractivity contribution in [3.63, 3.8) is 0 Å². The van der Waals surface area contributed by atoms with Gasteiger partial charge in [-0.15, -0.1) is 0 Å². The molecule has 1 aliphatic heterocycles. The molecule has 5 nitrogen and oxygen atoms in total. The fraction of sp³-hybridized carbons (Fsp3) is 0.571. The first-order chi connectivity index (χ1) is 9.34. The van der Waals surface area contributed by atoms with Gasteiger partial charge < -0.3 is 9.88 Å². The van der Waals surface area contributed by atoms with Crippen molar-refractivity contribution in [2.45, 2.75) is 38.3 Å². The van der Waals surface area contributed by atoms with E-state index in [1.54, 1.807) is 0 Å². The number of rotatable bonds is 4. The lowest BCUT2D eigenvalue weighted by Crippen LogP contribution is -2.30. The summed E-state index contributed by atoms with van der Waals surface area (Å²) >= 11 is 0. The first kappa shape index (κ1) is 12.4. The van der Waals surface area contributed by atoms with Crippen LogP contribution in [0.3, 0.4) is 0 Å². The van der Waals surface area contributed by atoms with E-state index in [-0.39, 0.29) is 0 Å². The highest BCUT2D eigenvalue weighted by Gasteiger charge is 2.20. The predicted molar refractivity (Wildman–Crippen MR) is 74.0 cm³/mol. The third-order valence-electron chi connectivity index (χ3n) is 3.90. The smallest absolute Gasteiger partial charge is 0.0951 e. The second-order valence-electron chi connectivity index (χ2n) is 5.35. The van der Waals surface area contributed by atoms with E-state index in [0.717, 1.165) is 19.6 Å². The molecule has 0 bridgehead atoms. The summed E-state index contributed by atoms with van der Waals surface area (Å²) in [6.45, 7) is 5.33. The molecule has 2 aromatic heterocycles. The fourth-order valence-corrected chi connectivity index (χ4v) is 2.87. The molecule has 1 N–H and O–H groups in total. The highest BCUT2D eigenvalue weighted by molar-refractivity contribution is 5.09. The molecule has 19 heavy (non-hydrogen) atoms. The van der Waals surface area contributed by atoms with Gasteiger partial charge in [-0.2, -0.15) is 5.10 Å². The third kappa shape index (κ3) is 2.71. The van der Waals surface area contributed by atoms with Crippen molar-refractivity contribution in [1.82, 2.24) is 24.6 Å². The average molecular weight is 259 g/mol. The zero-order valence-corrected chi connectivity index (χ0v) is 11.4. The SMILES string of the molecule is CC(Cn1cccn1)n1cncc1C1CCCNC1. The van der Waals surface area contributed by atoms with Gasteiger partial charge in [0.1, 0.15) is 0 Å². The lowest BCUT2D eigenvalue weighted by atomic mass is 9.96. The van der Waals surface area contributed by atoms with Crippen LogP contribution in [-0.2, 0) is 6.54 Å². The molecule has 2 atom stereocenters. The summed E-state index contributed by atoms with van der Waals surface area (Å²) in [4.78, 5) is 4.35. The molecular weight excluding hydrogens is 238 g/mol. The van der Waals surface area contributed by atoms with Crippen LogP contribution >= 0.6 is 0 Å². The first-order valence-corrected chi connectivity index (χ1v) is 7.04. The molecule has 1 saturated heterocycles. The highest BCUT2D eigenvalue weighted by Crippen LogP contribution is 2.25. The normalized spacial score (nSPS) is 21.4. The van der Waals surface area contributed by atoms with Gasteiger partial charge in [0.2, 0.25) is 0 Å². The van der Waals surface area contributed by atoms with Gasteiger partial charge in [0, 0.05) is 36.7 Å². The maximum absolute atomic E-state index is 4.35. The number of imidazole rings is 1. The molecule has 0 aliphatic carbocycles. The lowest BCUT2D eigenvalue weighted by molar-refractivity contribution is 0.393. The van der Waals surface area contributed by atoms with Gasteiger partial charge in [0.05, 0.1) is 18.9 Å². The van der Waals surface area contributed by atoms with E-state index in [1.807, 2.05) is 35.7 Å². The Labute approximate surface area is 113 Å². The van der Waals surface area contributed by atoms with E-state index in [9.17, 15) is 0 Å². The van der Waals surface area contributed by atoms with Gasteiger partial charge in [-0.1, -0.05) is 0 Å². The molecule has 0 saturated carbocycles. The monoisotopic (exact) mass is 259 g/mol. The Morgan fingerprint density at radius 1 is 1.53 bits per heavy atom. The molecule has 0 aromatic carbocycles. The molecule has 0 spiro atoms. The van der Waals surface area contributed by atoms with E-state index < -0.39 is 0 Å². The molecule has 3 heterocycles. The van der Waals surface area contributed by atoms with Crippen LogP contribution in [-0.4, -0.2) is 32.4 Å². The van der Waals surface area contributed by atoms with Gasteiger partial charge in [0.25, 0.3) is 0 Å². The molecule has 0 amide bonds. The number of hydrogen-bond donors (Lipinski definition) is 1. The van der Waals surface area contributed by atoms with Gasteiger partial charge in [0.15, 0.2) is 0 Å². The molecule has 102 valence electrons. The molecule has 1 fully saturated rings. The third-order valence-corrected chi connectivity index (χ3v) is 3.90. The van der Waals surface area contributed by atoms with Crippen LogP contribution in [0.1, 0.15) is 37.4 Å². The van der Waals surface area contributed by atoms with Crippen molar-refractivity contribution in [2.24, 2.45) is 0 Å². The Kier molecular flexibility index (Phi) is 3.64. The van der Waals surface area contributed by atoms with Gasteiger partial charge >= 0.3 is 0 Å². The maximum Gasteiger partial charge on any atom is 0.0951 e. The second kappa shape index (κ2) is 5.57. The lowest BCUT2D eigenvalue weighted by Gasteiger charge is -2.26. The van der Waals surface area contributed by atoms with E-state index in [0.29, 0.717) is 12.0 Å². The Balaban J connectivity index is 1.75. The summed E-state index contributed by atoms with van der Waals surface area (Å²) in [6, 6.07) is 2.34. The fourth-order valence-electron chi connectivity index (χ4n) is 2.87. The van der Waals surface area contributed by atoms with Crippen molar-refractivity contribution in [1.29, 1.82) is 0 Å². The van der Waals surface area contributed by atoms with Crippen LogP contribution in [0.2, 0.25) is 0 Å². The van der Waals surface area contributed by atoms with E-state index >= 15 is 0 Å². The summed E-state index contributed by atoms with van der Waals surface area (Å²) in [5, 5.41) is 7.76. The van der Waals surface area contributed by atoms with Crippen LogP contribution in [0.5, 0.6) is 0 Å². The summed E-state index contributed by atoms with van der Waals surface area (Å²) in [6.07, 6.45) is 10.3. The molecule has 5 heteroatoms. The Bertz CT molecular complexity index is 496. The minimum Gasteiger partial charge on any atom is -0.330 e. The number of nitrogens with zero attached hydrogens (tertiary/aromatic N) is 4. The molecule has 1 aliphatic rings. The summed E-state index contributed by atoms with van der Waals surface area (Å²) < 4.78 is 4.28. The Morgan fingerprint density at radius 2 is 2.47 bits per heavy atom. The highest BCUT2D eigenvalue weighted by atomic mass is 15.3. The number of aromatic nitrogens is 4. The van der Waals surface area contributed by atoms with Gasteiger partial charge in [-0.3, -0.25) is 4.68 Å². The molecular formula is C14H21N5. The molecule has 2 aromatic rings. The average Bonchev–Trinajstić information content (AvgIpc) is 3.10. The van der Waals surface area contributed by atoms with Gasteiger partial charge in [-0.05, 0) is 32.4 Å². The van der Waals surface area contributed by atoms with Crippen LogP contribution in [0.15, 0.2) is 31.0 Å². The van der Waals surface area contributed by atoms with Crippen molar-refractivity contribution < 1.29 is 0 Å². The second-order valence-corrected chi connectivity index (χ2v) is 5.35. The quantitative estimate of drug-likeness (QED) is 0.911. The predicted octanol–water partition coefficient (Wildman–Crippen LogP) is 1.81. The van der Waals surface area contributed by atoms with Crippen LogP contribution in [0.4, 0.5) is 0 Å². The number of hydrogen-bond acceptors (Lipinski definition) is 3. The minimum absolute atomic E-state index is 0.374. The van der Waals surface area contributed by atoms with Crippen LogP contribution in [0, 0.1) is 0 Å². The molecule has 3 rings (SSSR count). The Morgan fingerprint density at radius 3 is 3.21 bits per heavy atom. The minimum atomic E-state index is 0.374. The zero-order valence-electron chi connectivity index (χ0n) is 11.4. The maximum atomic E-state index is 4.35. The van der Waals surface area contributed by atoms with E-state index in [2.05, 4.69) is 26.9 Å². The van der Waals surface area contributed by atoms with Crippen LogP contribution in [0.25, 0.3) is 0 Å². The van der Waals surface area contributed by atoms with Crippen molar-refractivity contribution >= 4 is 0 Å². The van der Waals surface area contributed by atoms with Crippen molar-refractivity contribution in [3.8, 4) is 0 Å². The zero-order chi connectivity index (χ0) is 13.1. The topological polar surface area (TPSA) is 47.7 Å². The van der Waals surface area contributed by atoms with Crippen LogP contribution < -0.4 is 5.32 Å². The summed E-state index contributed by atoms with van der Waals surface area (Å²) in [5.41, 5.74) is 1.35. The van der Waals surface area contributed by atoms with Crippen molar-refractivity contribution in [2.75, 3.05) is 13.1 Å². The summed E-state index contributed by atoms with van der Waals surface area (Å²) in [7, 11) is 0. The Hall–Kier alpha value is -1.62. The van der Waals surface area contributed by atoms with Gasteiger partial charge in [-0.25, -0.2) is 4.98 Å². The van der Waals surface area contributed by atoms with Crippen molar-refractivity contribution in [3.05, 3.63) is 36.7 Å². The molecule has 0 radical (unpaired) electrons. The summed E-state index contributed by atoms with van der Waals surface area (Å²) in [5.74, 6) is 0.594. The standard InChI is InChI=1S/C14H21N5/c1-12(10-18-7-3-6-17-18)19-11-16-9-14(19)13-4-2-5-15-8-13/h3,6-7,9,11-13,15H,2,4-5,8,10H2,1H3. The van der Waals surface area contributed by atoms with E-state index in [4.69, 9.17) is 0 Å². The number of nitrogens with one attached hydrogen (secondary N) is 1.